The topological polar surface area (TPSA) is 86.4 Å². The lowest BCUT2D eigenvalue weighted by atomic mass is 10.2. The number of hydrogen-bond donors (Lipinski definition) is 1. The van der Waals surface area contributed by atoms with E-state index in [4.69, 9.17) is 14.1 Å². The highest BCUT2D eigenvalue weighted by Crippen LogP contribution is 2.27. The van der Waals surface area contributed by atoms with Crippen LogP contribution in [0.4, 0.5) is 0 Å². The van der Waals surface area contributed by atoms with Crippen LogP contribution in [0.1, 0.15) is 25.3 Å². The minimum absolute atomic E-state index is 0.133. The number of rotatable bonds is 9. The molecule has 0 atom stereocenters. The van der Waals surface area contributed by atoms with Gasteiger partial charge in [0, 0.05) is 18.5 Å². The van der Waals surface area contributed by atoms with Gasteiger partial charge in [0.15, 0.2) is 5.16 Å². The molecule has 4 aromatic rings. The Kier molecular flexibility index (Phi) is 6.80. The average molecular weight is 452 g/mol. The number of unbranched alkanes of at least 4 members (excludes halogenated alkanes) is 1. The predicted octanol–water partition coefficient (Wildman–Crippen LogP) is 4.36. The Morgan fingerprint density at radius 1 is 1.22 bits per heavy atom. The number of carbonyl (C=O) groups is 1. The van der Waals surface area contributed by atoms with Gasteiger partial charge in [-0.05, 0) is 36.2 Å². The minimum atomic E-state index is -0.209. The second kappa shape index (κ2) is 9.91. The number of hydrogen-bond acceptors (Lipinski definition) is 6. The maximum atomic E-state index is 13.1. The molecule has 0 spiro atoms. The number of aromatic nitrogens is 2. The summed E-state index contributed by atoms with van der Waals surface area (Å²) in [6.07, 6.45) is 1.78. The zero-order chi connectivity index (χ0) is 22.5. The van der Waals surface area contributed by atoms with Crippen LogP contribution >= 0.6 is 11.8 Å². The standard InChI is InChI=1S/C24H25N3O4S/c1-3-4-12-27-23(29)22-21(18-10-5-6-11-19(18)31-22)26-24(27)32-15-20(28)25-14-16-8-7-9-17(13-16)30-2/h5-11,13H,3-4,12,14-15H2,1-2H3,(H,25,28). The molecule has 2 aromatic carbocycles. The smallest absolute Gasteiger partial charge is 0.297 e. The molecule has 4 rings (SSSR count). The normalized spacial score (nSPS) is 11.2. The maximum absolute atomic E-state index is 13.1. The first kappa shape index (κ1) is 22.0. The van der Waals surface area contributed by atoms with Gasteiger partial charge in [-0.25, -0.2) is 4.98 Å². The molecule has 0 bridgehead atoms. The fraction of sp³-hybridized carbons (Fsp3) is 0.292. The van der Waals surface area contributed by atoms with Crippen molar-refractivity contribution < 1.29 is 13.9 Å². The molecule has 0 radical (unpaired) electrons. The van der Waals surface area contributed by atoms with Crippen LogP contribution in [-0.2, 0) is 17.9 Å². The van der Waals surface area contributed by atoms with Crippen LogP contribution in [0.15, 0.2) is 62.9 Å². The average Bonchev–Trinajstić information content (AvgIpc) is 3.20. The van der Waals surface area contributed by atoms with Gasteiger partial charge in [0.2, 0.25) is 11.5 Å². The zero-order valence-electron chi connectivity index (χ0n) is 18.1. The third-order valence-electron chi connectivity index (χ3n) is 5.14. The Balaban J connectivity index is 1.54. The summed E-state index contributed by atoms with van der Waals surface area (Å²) in [4.78, 5) is 30.4. The highest BCUT2D eigenvalue weighted by atomic mass is 32.2. The minimum Gasteiger partial charge on any atom is -0.497 e. The zero-order valence-corrected chi connectivity index (χ0v) is 18.9. The third kappa shape index (κ3) is 4.65. The molecule has 0 aliphatic heterocycles. The Bertz CT molecular complexity index is 1310. The molecule has 8 heteroatoms. The van der Waals surface area contributed by atoms with E-state index in [2.05, 4.69) is 12.2 Å². The van der Waals surface area contributed by atoms with E-state index in [1.54, 1.807) is 11.7 Å². The molecule has 2 aromatic heterocycles. The van der Waals surface area contributed by atoms with Crippen molar-refractivity contribution in [3.63, 3.8) is 0 Å². The van der Waals surface area contributed by atoms with Gasteiger partial charge >= 0.3 is 0 Å². The quantitative estimate of drug-likeness (QED) is 0.301. The van der Waals surface area contributed by atoms with Gasteiger partial charge in [-0.2, -0.15) is 0 Å². The van der Waals surface area contributed by atoms with Gasteiger partial charge in [0.1, 0.15) is 16.8 Å². The van der Waals surface area contributed by atoms with Crippen molar-refractivity contribution in [3.05, 3.63) is 64.4 Å². The number of carbonyl (C=O) groups excluding carboxylic acids is 1. The molecular formula is C24H25N3O4S. The molecule has 2 heterocycles. The second-order valence-electron chi connectivity index (χ2n) is 7.40. The summed E-state index contributed by atoms with van der Waals surface area (Å²) in [5, 5.41) is 4.24. The number of para-hydroxylation sites is 1. The maximum Gasteiger partial charge on any atom is 0.297 e. The lowest BCUT2D eigenvalue weighted by molar-refractivity contribution is -0.118. The van der Waals surface area contributed by atoms with Crippen LogP contribution in [0.5, 0.6) is 5.75 Å². The van der Waals surface area contributed by atoms with Crippen molar-refractivity contribution in [1.82, 2.24) is 14.9 Å². The van der Waals surface area contributed by atoms with E-state index in [1.807, 2.05) is 48.5 Å². The molecule has 0 unspecified atom stereocenters. The second-order valence-corrected chi connectivity index (χ2v) is 8.34. The SMILES string of the molecule is CCCCn1c(SCC(=O)NCc2cccc(OC)c2)nc2c(oc3ccccc32)c1=O. The fourth-order valence-corrected chi connectivity index (χ4v) is 4.29. The van der Waals surface area contributed by atoms with Gasteiger partial charge in [0.05, 0.1) is 12.9 Å². The van der Waals surface area contributed by atoms with E-state index in [9.17, 15) is 9.59 Å². The molecule has 0 fully saturated rings. The largest absolute Gasteiger partial charge is 0.497 e. The third-order valence-corrected chi connectivity index (χ3v) is 6.11. The van der Waals surface area contributed by atoms with Crippen LogP contribution in [0.25, 0.3) is 22.1 Å². The Morgan fingerprint density at radius 3 is 2.88 bits per heavy atom. The van der Waals surface area contributed by atoms with Gasteiger partial charge in [-0.15, -0.1) is 0 Å². The van der Waals surface area contributed by atoms with Crippen molar-refractivity contribution in [2.75, 3.05) is 12.9 Å². The monoisotopic (exact) mass is 451 g/mol. The summed E-state index contributed by atoms with van der Waals surface area (Å²) in [5.74, 6) is 0.770. The van der Waals surface area contributed by atoms with E-state index < -0.39 is 0 Å². The van der Waals surface area contributed by atoms with Crippen LogP contribution in [0.2, 0.25) is 0 Å². The van der Waals surface area contributed by atoms with Crippen LogP contribution < -0.4 is 15.6 Å². The summed E-state index contributed by atoms with van der Waals surface area (Å²) >= 11 is 1.26. The highest BCUT2D eigenvalue weighted by molar-refractivity contribution is 7.99. The first-order valence-corrected chi connectivity index (χ1v) is 11.5. The number of benzene rings is 2. The number of methoxy groups -OCH3 is 1. The molecule has 166 valence electrons. The van der Waals surface area contributed by atoms with E-state index >= 15 is 0 Å². The number of ether oxygens (including phenoxy) is 1. The Labute approximate surface area is 189 Å². The van der Waals surface area contributed by atoms with Crippen molar-refractivity contribution in [1.29, 1.82) is 0 Å². The van der Waals surface area contributed by atoms with Crippen LogP contribution in [0, 0.1) is 0 Å². The molecule has 32 heavy (non-hydrogen) atoms. The van der Waals surface area contributed by atoms with E-state index in [0.29, 0.717) is 29.3 Å². The fourth-order valence-electron chi connectivity index (χ4n) is 3.44. The molecule has 7 nitrogen and oxygen atoms in total. The van der Waals surface area contributed by atoms with Crippen molar-refractivity contribution in [3.8, 4) is 5.75 Å². The van der Waals surface area contributed by atoms with E-state index in [1.165, 1.54) is 11.8 Å². The number of furan rings is 1. The van der Waals surface area contributed by atoms with Gasteiger partial charge in [0.25, 0.3) is 5.56 Å². The number of amides is 1. The summed E-state index contributed by atoms with van der Waals surface area (Å²) in [5.41, 5.74) is 2.17. The van der Waals surface area contributed by atoms with Gasteiger partial charge in [-0.3, -0.25) is 14.2 Å². The molecular weight excluding hydrogens is 426 g/mol. The van der Waals surface area contributed by atoms with Crippen molar-refractivity contribution in [2.24, 2.45) is 0 Å². The lowest BCUT2D eigenvalue weighted by Gasteiger charge is -2.11. The van der Waals surface area contributed by atoms with E-state index in [-0.39, 0.29) is 22.8 Å². The molecule has 0 saturated heterocycles. The summed E-state index contributed by atoms with van der Waals surface area (Å²) in [7, 11) is 1.61. The van der Waals surface area contributed by atoms with Crippen molar-refractivity contribution in [2.45, 2.75) is 38.0 Å². The molecule has 1 amide bonds. The molecule has 0 saturated carbocycles. The van der Waals surface area contributed by atoms with Gasteiger partial charge < -0.3 is 14.5 Å². The van der Waals surface area contributed by atoms with Crippen LogP contribution in [-0.4, -0.2) is 28.3 Å². The number of thioether (sulfide) groups is 1. The van der Waals surface area contributed by atoms with Crippen molar-refractivity contribution >= 4 is 39.7 Å². The number of fused-ring (bicyclic) bond motifs is 3. The Morgan fingerprint density at radius 2 is 2.06 bits per heavy atom. The first-order chi connectivity index (χ1) is 15.6. The highest BCUT2D eigenvalue weighted by Gasteiger charge is 2.18. The van der Waals surface area contributed by atoms with E-state index in [0.717, 1.165) is 29.5 Å². The molecule has 0 aliphatic carbocycles. The van der Waals surface area contributed by atoms with Crippen LogP contribution in [0.3, 0.4) is 0 Å². The predicted molar refractivity (Wildman–Crippen MR) is 126 cm³/mol. The Hall–Kier alpha value is -3.26. The summed E-state index contributed by atoms with van der Waals surface area (Å²) in [6, 6.07) is 15.0. The summed E-state index contributed by atoms with van der Waals surface area (Å²) < 4.78 is 12.6. The first-order valence-electron chi connectivity index (χ1n) is 10.5. The summed E-state index contributed by atoms with van der Waals surface area (Å²) in [6.45, 7) is 3.00. The number of nitrogens with zero attached hydrogens (tertiary/aromatic N) is 2. The number of nitrogens with one attached hydrogen (secondary N) is 1. The van der Waals surface area contributed by atoms with Gasteiger partial charge in [-0.1, -0.05) is 49.4 Å². The lowest BCUT2D eigenvalue weighted by Crippen LogP contribution is -2.26. The molecule has 1 N–H and O–H groups in total. The molecule has 0 aliphatic rings.